The molecule has 4 rings (SSSR count). The highest BCUT2D eigenvalue weighted by Gasteiger charge is 2.34. The second-order valence-electron chi connectivity index (χ2n) is 6.90. The fourth-order valence-corrected chi connectivity index (χ4v) is 4.85. The number of morpholine rings is 1. The van der Waals surface area contributed by atoms with E-state index in [0.29, 0.717) is 0 Å². The van der Waals surface area contributed by atoms with Crippen molar-refractivity contribution in [1.82, 2.24) is 14.3 Å². The van der Waals surface area contributed by atoms with Gasteiger partial charge >= 0.3 is 6.18 Å². The molecule has 10 heteroatoms. The van der Waals surface area contributed by atoms with Crippen molar-refractivity contribution in [3.63, 3.8) is 0 Å². The smallest absolute Gasteiger partial charge is 0.369 e. The molecule has 31 heavy (non-hydrogen) atoms. The van der Waals surface area contributed by atoms with Gasteiger partial charge in [0.25, 0.3) is 0 Å². The molecule has 0 N–H and O–H groups in total. The van der Waals surface area contributed by atoms with Crippen molar-refractivity contribution in [2.45, 2.75) is 17.2 Å². The van der Waals surface area contributed by atoms with Gasteiger partial charge in [0.1, 0.15) is 6.10 Å². The number of halogens is 3. The van der Waals surface area contributed by atoms with Crippen molar-refractivity contribution < 1.29 is 26.3 Å². The first-order valence-electron chi connectivity index (χ1n) is 9.42. The molecule has 2 heterocycles. The van der Waals surface area contributed by atoms with E-state index in [1.165, 1.54) is 41.0 Å². The number of alkyl halides is 3. The summed E-state index contributed by atoms with van der Waals surface area (Å²) in [5, 5.41) is 0. The molecule has 3 aromatic rings. The van der Waals surface area contributed by atoms with Crippen molar-refractivity contribution in [1.29, 1.82) is 0 Å². The molecule has 0 amide bonds. The van der Waals surface area contributed by atoms with Crippen molar-refractivity contribution in [3.8, 4) is 11.3 Å². The maximum atomic E-state index is 13.1. The van der Waals surface area contributed by atoms with Crippen LogP contribution in [0.1, 0.15) is 17.4 Å². The Morgan fingerprint density at radius 2 is 1.74 bits per heavy atom. The van der Waals surface area contributed by atoms with E-state index in [9.17, 15) is 21.6 Å². The second-order valence-corrected chi connectivity index (χ2v) is 8.84. The normalized spacial score (nSPS) is 18.1. The predicted molar refractivity (Wildman–Crippen MR) is 106 cm³/mol. The fraction of sp³-hybridized carbons (Fsp3) is 0.238. The van der Waals surface area contributed by atoms with Gasteiger partial charge in [-0.3, -0.25) is 9.97 Å². The summed E-state index contributed by atoms with van der Waals surface area (Å²) in [7, 11) is -3.75. The van der Waals surface area contributed by atoms with Crippen LogP contribution in [-0.2, 0) is 20.9 Å². The average Bonchev–Trinajstić information content (AvgIpc) is 2.79. The molecule has 1 aromatic heterocycles. The highest BCUT2D eigenvalue weighted by Crippen LogP contribution is 2.34. The summed E-state index contributed by atoms with van der Waals surface area (Å²) >= 11 is 0. The van der Waals surface area contributed by atoms with Crippen molar-refractivity contribution in [2.75, 3.05) is 19.7 Å². The summed E-state index contributed by atoms with van der Waals surface area (Å²) < 4.78 is 72.5. The molecule has 1 aliphatic rings. The number of benzene rings is 2. The van der Waals surface area contributed by atoms with Gasteiger partial charge in [0.05, 0.1) is 28.5 Å². The fourth-order valence-electron chi connectivity index (χ4n) is 3.40. The van der Waals surface area contributed by atoms with E-state index in [2.05, 4.69) is 9.97 Å². The summed E-state index contributed by atoms with van der Waals surface area (Å²) in [6.07, 6.45) is -2.49. The third-order valence-electron chi connectivity index (χ3n) is 4.91. The van der Waals surface area contributed by atoms with E-state index in [-0.39, 0.29) is 41.5 Å². The van der Waals surface area contributed by atoms with Crippen LogP contribution in [0.2, 0.25) is 0 Å². The SMILES string of the molecule is O=S(=O)(c1ccccc1)N1CCOC(c2nccnc2-c2cccc(C(F)(F)F)c2)C1. The van der Waals surface area contributed by atoms with E-state index in [0.717, 1.165) is 12.1 Å². The third kappa shape index (κ3) is 4.46. The summed E-state index contributed by atoms with van der Waals surface area (Å²) in [4.78, 5) is 8.64. The quantitative estimate of drug-likeness (QED) is 0.604. The molecular formula is C21H18F3N3O3S. The van der Waals surface area contributed by atoms with Gasteiger partial charge < -0.3 is 4.74 Å². The first kappa shape index (κ1) is 21.4. The number of aromatic nitrogens is 2. The molecule has 1 aliphatic heterocycles. The van der Waals surface area contributed by atoms with Crippen LogP contribution in [0.25, 0.3) is 11.3 Å². The molecule has 162 valence electrons. The van der Waals surface area contributed by atoms with Crippen molar-refractivity contribution >= 4 is 10.0 Å². The van der Waals surface area contributed by atoms with E-state index in [1.807, 2.05) is 0 Å². The topological polar surface area (TPSA) is 72.4 Å². The molecule has 2 aromatic carbocycles. The van der Waals surface area contributed by atoms with Gasteiger partial charge in [0, 0.05) is 31.0 Å². The summed E-state index contributed by atoms with van der Waals surface area (Å²) in [5.41, 5.74) is -0.0728. The third-order valence-corrected chi connectivity index (χ3v) is 6.78. The molecule has 0 spiro atoms. The van der Waals surface area contributed by atoms with Gasteiger partial charge in [-0.2, -0.15) is 17.5 Å². The zero-order valence-electron chi connectivity index (χ0n) is 16.2. The Hall–Kier alpha value is -2.82. The Bertz CT molecular complexity index is 1170. The summed E-state index contributed by atoms with van der Waals surface area (Å²) in [5.74, 6) is 0. The minimum atomic E-state index is -4.50. The minimum absolute atomic E-state index is 0.0259. The Morgan fingerprint density at radius 1 is 1.00 bits per heavy atom. The van der Waals surface area contributed by atoms with Crippen LogP contribution in [0.4, 0.5) is 13.2 Å². The summed E-state index contributed by atoms with van der Waals surface area (Å²) in [6, 6.07) is 12.8. The highest BCUT2D eigenvalue weighted by atomic mass is 32.2. The second kappa shape index (κ2) is 8.37. The lowest BCUT2D eigenvalue weighted by Crippen LogP contribution is -2.42. The maximum Gasteiger partial charge on any atom is 0.416 e. The molecule has 1 fully saturated rings. The van der Waals surface area contributed by atoms with Crippen LogP contribution in [0.15, 0.2) is 71.9 Å². The lowest BCUT2D eigenvalue weighted by atomic mass is 10.0. The van der Waals surface area contributed by atoms with Gasteiger partial charge in [-0.25, -0.2) is 8.42 Å². The number of ether oxygens (including phenoxy) is 1. The monoisotopic (exact) mass is 449 g/mol. The first-order chi connectivity index (χ1) is 14.8. The Labute approximate surface area is 177 Å². The van der Waals surface area contributed by atoms with E-state index < -0.39 is 27.9 Å². The molecule has 0 radical (unpaired) electrons. The van der Waals surface area contributed by atoms with Crippen LogP contribution in [0.3, 0.4) is 0 Å². The molecule has 0 bridgehead atoms. The van der Waals surface area contributed by atoms with Crippen LogP contribution in [0, 0.1) is 0 Å². The lowest BCUT2D eigenvalue weighted by molar-refractivity contribution is -0.137. The van der Waals surface area contributed by atoms with Crippen molar-refractivity contribution in [3.05, 3.63) is 78.2 Å². The average molecular weight is 449 g/mol. The van der Waals surface area contributed by atoms with Gasteiger partial charge in [-0.05, 0) is 24.3 Å². The molecule has 0 saturated carbocycles. The van der Waals surface area contributed by atoms with Gasteiger partial charge in [-0.15, -0.1) is 0 Å². The molecular weight excluding hydrogens is 431 g/mol. The van der Waals surface area contributed by atoms with Crippen LogP contribution >= 0.6 is 0 Å². The number of hydrogen-bond acceptors (Lipinski definition) is 5. The zero-order chi connectivity index (χ0) is 22.1. The van der Waals surface area contributed by atoms with Crippen molar-refractivity contribution in [2.24, 2.45) is 0 Å². The first-order valence-corrected chi connectivity index (χ1v) is 10.9. The lowest BCUT2D eigenvalue weighted by Gasteiger charge is -2.32. The standard InChI is InChI=1S/C21H18F3N3O3S/c22-21(23,24)16-6-4-5-15(13-16)19-20(26-10-9-25-19)18-14-27(11-12-30-18)31(28,29)17-7-2-1-3-8-17/h1-10,13,18H,11-12,14H2. The Kier molecular flexibility index (Phi) is 5.78. The zero-order valence-corrected chi connectivity index (χ0v) is 17.0. The highest BCUT2D eigenvalue weighted by molar-refractivity contribution is 7.89. The van der Waals surface area contributed by atoms with Crippen LogP contribution in [0.5, 0.6) is 0 Å². The maximum absolute atomic E-state index is 13.1. The Balaban J connectivity index is 1.67. The van der Waals surface area contributed by atoms with E-state index >= 15 is 0 Å². The van der Waals surface area contributed by atoms with E-state index in [1.54, 1.807) is 18.2 Å². The van der Waals surface area contributed by atoms with Gasteiger partial charge in [0.2, 0.25) is 10.0 Å². The van der Waals surface area contributed by atoms with E-state index in [4.69, 9.17) is 4.74 Å². The molecule has 1 unspecified atom stereocenters. The van der Waals surface area contributed by atoms with Gasteiger partial charge in [-0.1, -0.05) is 30.3 Å². The molecule has 0 aliphatic carbocycles. The summed E-state index contributed by atoms with van der Waals surface area (Å²) in [6.45, 7) is 0.254. The van der Waals surface area contributed by atoms with Crippen LogP contribution < -0.4 is 0 Å². The molecule has 6 nitrogen and oxygen atoms in total. The number of sulfonamides is 1. The molecule has 1 saturated heterocycles. The van der Waals surface area contributed by atoms with Gasteiger partial charge in [0.15, 0.2) is 0 Å². The Morgan fingerprint density at radius 3 is 2.48 bits per heavy atom. The molecule has 1 atom stereocenters. The number of nitrogens with zero attached hydrogens (tertiary/aromatic N) is 3. The minimum Gasteiger partial charge on any atom is -0.369 e. The van der Waals surface area contributed by atoms with Crippen LogP contribution in [-0.4, -0.2) is 42.4 Å². The largest absolute Gasteiger partial charge is 0.416 e. The number of rotatable bonds is 4. The predicted octanol–water partition coefficient (Wildman–Crippen LogP) is 3.92. The number of hydrogen-bond donors (Lipinski definition) is 0.